The zero-order valence-electron chi connectivity index (χ0n) is 25.9. The first-order valence-electron chi connectivity index (χ1n) is 14.3. The molecule has 0 radical (unpaired) electrons. The summed E-state index contributed by atoms with van der Waals surface area (Å²) in [6.45, 7) is 19.7. The third-order valence-electron chi connectivity index (χ3n) is 7.63. The van der Waals surface area contributed by atoms with Gasteiger partial charge < -0.3 is 8.98 Å². The molecule has 3 aromatic heterocycles. The Kier molecular flexibility index (Phi) is 9.40. The molecule has 0 fully saturated rings. The monoisotopic (exact) mass is 592 g/mol. The molecule has 0 saturated carbocycles. The van der Waals surface area contributed by atoms with E-state index in [1.807, 2.05) is 62.0 Å². The number of benzene rings is 1. The van der Waals surface area contributed by atoms with Crippen molar-refractivity contribution in [2.24, 2.45) is 0 Å². The summed E-state index contributed by atoms with van der Waals surface area (Å²) >= 11 is -1.23. The Morgan fingerprint density at radius 3 is 2.49 bits per heavy atom. The molecule has 1 aromatic carbocycles. The minimum atomic E-state index is -1.89. The Morgan fingerprint density at radius 1 is 1.05 bits per heavy atom. The number of pyridine rings is 1. The van der Waals surface area contributed by atoms with E-state index in [1.54, 1.807) is 6.20 Å². The molecule has 4 rings (SSSR count). The highest BCUT2D eigenvalue weighted by Gasteiger charge is 2.37. The van der Waals surface area contributed by atoms with Crippen molar-refractivity contribution in [3.05, 3.63) is 66.4 Å². The van der Waals surface area contributed by atoms with Crippen molar-refractivity contribution < 1.29 is 8.98 Å². The van der Waals surface area contributed by atoms with Gasteiger partial charge in [-0.3, -0.25) is 0 Å². The maximum Gasteiger partial charge on any atom is 0.192 e. The van der Waals surface area contributed by atoms with Crippen LogP contribution in [-0.2, 0) is 22.4 Å². The number of rotatable bonds is 10. The molecule has 0 spiro atoms. The van der Waals surface area contributed by atoms with Crippen LogP contribution in [0, 0.1) is 0 Å². The first-order valence-corrected chi connectivity index (χ1v) is 18.3. The summed E-state index contributed by atoms with van der Waals surface area (Å²) < 4.78 is 24.0. The third kappa shape index (κ3) is 7.42. The molecule has 0 saturated heterocycles. The molecule has 3 heterocycles. The Labute approximate surface area is 248 Å². The number of hydrogen-bond acceptors (Lipinski definition) is 7. The van der Waals surface area contributed by atoms with Gasteiger partial charge in [-0.25, -0.2) is 19.6 Å². The Bertz CT molecular complexity index is 1480. The van der Waals surface area contributed by atoms with Gasteiger partial charge in [-0.15, -0.1) is 4.72 Å². The molecule has 2 atom stereocenters. The van der Waals surface area contributed by atoms with Crippen LogP contribution < -0.4 is 4.72 Å². The number of hydrogen-bond donors (Lipinski definition) is 1. The molecule has 220 valence electrons. The minimum Gasteiger partial charge on any atom is -0.598 e. The van der Waals surface area contributed by atoms with Crippen LogP contribution >= 0.6 is 0 Å². The predicted molar refractivity (Wildman–Crippen MR) is 171 cm³/mol. The van der Waals surface area contributed by atoms with Gasteiger partial charge in [0.25, 0.3) is 0 Å². The zero-order chi connectivity index (χ0) is 30.0. The van der Waals surface area contributed by atoms with Crippen molar-refractivity contribution in [3.63, 3.8) is 0 Å². The van der Waals surface area contributed by atoms with E-state index in [0.29, 0.717) is 12.4 Å². The second kappa shape index (κ2) is 12.3. The number of aromatic nitrogens is 5. The smallest absolute Gasteiger partial charge is 0.192 e. The van der Waals surface area contributed by atoms with E-state index in [-0.39, 0.29) is 15.8 Å². The molecular weight excluding hydrogens is 549 g/mol. The minimum absolute atomic E-state index is 0.135. The SMILES string of the molecule is CCC[C@H](N[S@+]([O-])C(C)(C)C)c1nccc(-c2ccc3cnn(-c4cccc(CO[Si](C)(C)C(C)(C)C)n4)c3c2)n1. The highest BCUT2D eigenvalue weighted by Crippen LogP contribution is 2.37. The number of fused-ring (bicyclic) bond motifs is 1. The van der Waals surface area contributed by atoms with Gasteiger partial charge in [-0.05, 0) is 69.6 Å². The number of nitrogens with one attached hydrogen (secondary N) is 1. The van der Waals surface area contributed by atoms with Crippen LogP contribution in [0.15, 0.2) is 54.9 Å². The van der Waals surface area contributed by atoms with Crippen LogP contribution in [0.25, 0.3) is 28.0 Å². The molecule has 0 aliphatic heterocycles. The number of nitrogens with zero attached hydrogens (tertiary/aromatic N) is 5. The second-order valence-corrected chi connectivity index (χ2v) is 19.8. The van der Waals surface area contributed by atoms with E-state index in [1.165, 1.54) is 0 Å². The fourth-order valence-corrected chi connectivity index (χ4v) is 5.81. The van der Waals surface area contributed by atoms with Crippen LogP contribution in [0.4, 0.5) is 0 Å². The maximum atomic E-state index is 12.8. The van der Waals surface area contributed by atoms with E-state index in [4.69, 9.17) is 14.4 Å². The molecule has 1 N–H and O–H groups in total. The van der Waals surface area contributed by atoms with Gasteiger partial charge in [-0.2, -0.15) is 5.10 Å². The molecule has 8 nitrogen and oxygen atoms in total. The lowest BCUT2D eigenvalue weighted by molar-refractivity contribution is 0.272. The van der Waals surface area contributed by atoms with Crippen LogP contribution in [0.3, 0.4) is 0 Å². The highest BCUT2D eigenvalue weighted by molar-refractivity contribution is 7.90. The summed E-state index contributed by atoms with van der Waals surface area (Å²) in [5.41, 5.74) is 3.58. The second-order valence-electron chi connectivity index (χ2n) is 13.0. The molecule has 0 aliphatic carbocycles. The Morgan fingerprint density at radius 2 is 1.80 bits per heavy atom. The van der Waals surface area contributed by atoms with Gasteiger partial charge in [-0.1, -0.05) is 52.3 Å². The molecule has 0 bridgehead atoms. The predicted octanol–water partition coefficient (Wildman–Crippen LogP) is 7.29. The van der Waals surface area contributed by atoms with Crippen molar-refractivity contribution >= 4 is 30.6 Å². The van der Waals surface area contributed by atoms with Gasteiger partial charge >= 0.3 is 0 Å². The molecule has 4 aromatic rings. The summed E-state index contributed by atoms with van der Waals surface area (Å²) in [4.78, 5) is 14.3. The quantitative estimate of drug-likeness (QED) is 0.152. The lowest BCUT2D eigenvalue weighted by atomic mass is 10.1. The Hall–Kier alpha value is -2.63. The zero-order valence-corrected chi connectivity index (χ0v) is 27.7. The summed E-state index contributed by atoms with van der Waals surface area (Å²) in [5, 5.41) is 5.81. The van der Waals surface area contributed by atoms with Crippen LogP contribution in [0.1, 0.15) is 78.9 Å². The molecule has 0 amide bonds. The average Bonchev–Trinajstić information content (AvgIpc) is 3.34. The third-order valence-corrected chi connectivity index (χ3v) is 13.7. The first-order chi connectivity index (χ1) is 19.2. The molecular formula is C31H44N6O2SSi. The van der Waals surface area contributed by atoms with Crippen LogP contribution in [0.2, 0.25) is 18.1 Å². The highest BCUT2D eigenvalue weighted by atomic mass is 32.2. The maximum absolute atomic E-state index is 12.8. The first kappa shape index (κ1) is 31.3. The normalized spacial score (nSPS) is 14.4. The van der Waals surface area contributed by atoms with E-state index in [9.17, 15) is 4.55 Å². The lowest BCUT2D eigenvalue weighted by Crippen LogP contribution is -2.41. The van der Waals surface area contributed by atoms with E-state index < -0.39 is 19.7 Å². The largest absolute Gasteiger partial charge is 0.598 e. The molecule has 41 heavy (non-hydrogen) atoms. The lowest BCUT2D eigenvalue weighted by Gasteiger charge is -2.36. The van der Waals surface area contributed by atoms with Crippen LogP contribution in [0.5, 0.6) is 0 Å². The average molecular weight is 593 g/mol. The Balaban J connectivity index is 1.63. The summed E-state index contributed by atoms with van der Waals surface area (Å²) in [6.07, 6.45) is 5.34. The summed E-state index contributed by atoms with van der Waals surface area (Å²) in [6, 6.07) is 13.9. The van der Waals surface area contributed by atoms with Gasteiger partial charge in [0, 0.05) is 28.5 Å². The van der Waals surface area contributed by atoms with Crippen molar-refractivity contribution in [1.29, 1.82) is 0 Å². The molecule has 0 unspecified atom stereocenters. The fraction of sp³-hybridized carbons (Fsp3) is 0.484. The van der Waals surface area contributed by atoms with Gasteiger partial charge in [0.2, 0.25) is 0 Å². The van der Waals surface area contributed by atoms with Gasteiger partial charge in [0.05, 0.1) is 29.7 Å². The van der Waals surface area contributed by atoms with E-state index in [2.05, 4.69) is 67.7 Å². The summed E-state index contributed by atoms with van der Waals surface area (Å²) in [5.74, 6) is 1.39. The van der Waals surface area contributed by atoms with Crippen molar-refractivity contribution in [2.75, 3.05) is 0 Å². The fourth-order valence-electron chi connectivity index (χ4n) is 4.03. The summed E-state index contributed by atoms with van der Waals surface area (Å²) in [7, 11) is -1.89. The topological polar surface area (TPSA) is 101 Å². The van der Waals surface area contributed by atoms with Crippen LogP contribution in [-0.4, -0.2) is 42.3 Å². The van der Waals surface area contributed by atoms with Crippen molar-refractivity contribution in [1.82, 2.24) is 29.5 Å². The van der Waals surface area contributed by atoms with Crippen molar-refractivity contribution in [2.45, 2.75) is 96.8 Å². The molecule has 0 aliphatic rings. The van der Waals surface area contributed by atoms with Gasteiger partial charge in [0.1, 0.15) is 16.6 Å². The van der Waals surface area contributed by atoms with Crippen molar-refractivity contribution in [3.8, 4) is 17.1 Å². The van der Waals surface area contributed by atoms with Gasteiger partial charge in [0.15, 0.2) is 14.1 Å². The van der Waals surface area contributed by atoms with E-state index >= 15 is 0 Å². The molecule has 10 heteroatoms. The van der Waals surface area contributed by atoms with E-state index in [0.717, 1.165) is 46.5 Å². The standard InChI is InChI=1S/C31H44N6O2SSi/c1-10-12-26(36-40(38)30(2,3)4)29-32-18-17-25(35-29)22-15-16-23-20-33-37(27(23)19-22)28-14-11-13-24(34-28)21-39-41(8,9)31(5,6)7/h11,13-20,26,36H,10,12,21H2,1-9H3/t26-,40+/m0/s1.